The first-order valence-electron chi connectivity index (χ1n) is 9.31. The Balaban J connectivity index is 0.00000176. The Labute approximate surface area is 161 Å². The Morgan fingerprint density at radius 2 is 0.955 bits per heavy atom. The molecule has 3 fully saturated rings. The Hall–Kier alpha value is 1.63. The summed E-state index contributed by atoms with van der Waals surface area (Å²) in [6.45, 7) is 0. The summed E-state index contributed by atoms with van der Waals surface area (Å²) in [7, 11) is 0.226. The van der Waals surface area contributed by atoms with E-state index in [2.05, 4.69) is 0 Å². The number of rotatable bonds is 3. The molecule has 0 nitrogen and oxygen atoms in total. The summed E-state index contributed by atoms with van der Waals surface area (Å²) in [4.78, 5) is 0. The van der Waals surface area contributed by atoms with Crippen molar-refractivity contribution < 1.29 is 19.5 Å². The van der Waals surface area contributed by atoms with E-state index in [9.17, 15) is 0 Å². The van der Waals surface area contributed by atoms with Gasteiger partial charge in [-0.3, -0.25) is 0 Å². The van der Waals surface area contributed by atoms with Crippen LogP contribution in [0.4, 0.5) is 0 Å². The van der Waals surface area contributed by atoms with Gasteiger partial charge in [-0.2, -0.15) is 0 Å². The molecule has 0 heterocycles. The average molecular weight is 450 g/mol. The van der Waals surface area contributed by atoms with Gasteiger partial charge in [-0.05, 0) is 68.3 Å². The topological polar surface area (TPSA) is 0 Å². The molecule has 130 valence electrons. The number of halogens is 2. The Kier molecular flexibility index (Phi) is 8.49. The quantitative estimate of drug-likeness (QED) is 0.241. The molecule has 0 radical (unpaired) electrons. The first-order valence-corrected chi connectivity index (χ1v) is 11.6. The van der Waals surface area contributed by atoms with Crippen LogP contribution in [0.2, 0.25) is 0 Å². The maximum Gasteiger partial charge on any atom is 0.118 e. The minimum Gasteiger partial charge on any atom is -0.102 e. The molecule has 3 rings (SSSR count). The van der Waals surface area contributed by atoms with Crippen molar-refractivity contribution in [3.8, 4) is 0 Å². The standard InChI is InChI=1S/C18H31Cl2P.Ru/c19-18(20)13-11-17(12-14-18)21(15-7-3-1-4-8-15)16-9-5-2-6-10-16;/h15-17H,1-14H2;. The molecule has 22 heavy (non-hydrogen) atoms. The molecule has 0 atom stereocenters. The van der Waals surface area contributed by atoms with Crippen LogP contribution >= 0.6 is 31.1 Å². The van der Waals surface area contributed by atoms with E-state index < -0.39 is 4.33 Å². The second-order valence-electron chi connectivity index (χ2n) is 7.62. The van der Waals surface area contributed by atoms with Crippen LogP contribution in [0.1, 0.15) is 89.9 Å². The molecule has 0 bridgehead atoms. The first-order chi connectivity index (χ1) is 10.2. The van der Waals surface area contributed by atoms with E-state index in [4.69, 9.17) is 23.2 Å². The van der Waals surface area contributed by atoms with E-state index in [0.717, 1.165) is 29.8 Å². The molecular weight excluding hydrogens is 419 g/mol. The summed E-state index contributed by atoms with van der Waals surface area (Å²) in [6, 6.07) is 0. The maximum atomic E-state index is 6.39. The average Bonchev–Trinajstić information content (AvgIpc) is 2.51. The zero-order valence-corrected chi connectivity index (χ0v) is 17.8. The SMILES string of the molecule is ClC1(Cl)CCC(P(C2CCCCC2)C2CCCCC2)CC1.[Ru]. The summed E-state index contributed by atoms with van der Waals surface area (Å²) in [6.07, 6.45) is 19.8. The van der Waals surface area contributed by atoms with Crippen LogP contribution in [0.5, 0.6) is 0 Å². The predicted molar refractivity (Wildman–Crippen MR) is 97.4 cm³/mol. The third kappa shape index (κ3) is 5.31. The van der Waals surface area contributed by atoms with Gasteiger partial charge in [0.05, 0.1) is 0 Å². The van der Waals surface area contributed by atoms with Crippen molar-refractivity contribution in [3.05, 3.63) is 0 Å². The summed E-state index contributed by atoms with van der Waals surface area (Å²) in [5, 5.41) is 0. The van der Waals surface area contributed by atoms with Crippen LogP contribution in [0, 0.1) is 0 Å². The molecule has 0 aromatic rings. The molecule has 0 unspecified atom stereocenters. The van der Waals surface area contributed by atoms with E-state index in [1.807, 2.05) is 0 Å². The molecule has 3 aliphatic rings. The molecule has 0 N–H and O–H groups in total. The van der Waals surface area contributed by atoms with Crippen LogP contribution in [-0.4, -0.2) is 21.3 Å². The fraction of sp³-hybridized carbons (Fsp3) is 1.00. The molecule has 0 aliphatic heterocycles. The third-order valence-corrected chi connectivity index (χ3v) is 10.9. The summed E-state index contributed by atoms with van der Waals surface area (Å²) >= 11 is 12.8. The second kappa shape index (κ2) is 9.36. The van der Waals surface area contributed by atoms with E-state index in [-0.39, 0.29) is 27.4 Å². The predicted octanol–water partition coefficient (Wildman–Crippen LogP) is 7.25. The van der Waals surface area contributed by atoms with Crippen LogP contribution in [-0.2, 0) is 19.5 Å². The van der Waals surface area contributed by atoms with Gasteiger partial charge in [-0.1, -0.05) is 46.4 Å². The maximum absolute atomic E-state index is 6.39. The van der Waals surface area contributed by atoms with Gasteiger partial charge >= 0.3 is 0 Å². The van der Waals surface area contributed by atoms with Crippen LogP contribution in [0.25, 0.3) is 0 Å². The first kappa shape index (κ1) is 20.0. The fourth-order valence-electron chi connectivity index (χ4n) is 4.98. The van der Waals surface area contributed by atoms with Gasteiger partial charge in [0.2, 0.25) is 0 Å². The molecule has 3 aliphatic carbocycles. The van der Waals surface area contributed by atoms with Crippen LogP contribution in [0.3, 0.4) is 0 Å². The van der Waals surface area contributed by atoms with Crippen molar-refractivity contribution in [1.82, 2.24) is 0 Å². The van der Waals surface area contributed by atoms with E-state index >= 15 is 0 Å². The van der Waals surface area contributed by atoms with Gasteiger partial charge in [0.15, 0.2) is 0 Å². The monoisotopic (exact) mass is 450 g/mol. The van der Waals surface area contributed by atoms with Gasteiger partial charge in [-0.15, -0.1) is 23.2 Å². The zero-order chi connectivity index (χ0) is 14.7. The summed E-state index contributed by atoms with van der Waals surface area (Å²) < 4.78 is -0.406. The largest absolute Gasteiger partial charge is 0.118 e. The fourth-order valence-corrected chi connectivity index (χ4v) is 9.98. The molecule has 0 aromatic carbocycles. The molecule has 0 aromatic heterocycles. The molecule has 4 heteroatoms. The van der Waals surface area contributed by atoms with E-state index in [1.165, 1.54) is 77.0 Å². The summed E-state index contributed by atoms with van der Waals surface area (Å²) in [5.74, 6) is 0. The minimum absolute atomic E-state index is 0. The second-order valence-corrected chi connectivity index (χ2v) is 12.3. The Morgan fingerprint density at radius 1 is 0.591 bits per heavy atom. The van der Waals surface area contributed by atoms with Gasteiger partial charge in [0, 0.05) is 19.5 Å². The molecule has 0 saturated heterocycles. The molecule has 0 spiro atoms. The Morgan fingerprint density at radius 3 is 1.36 bits per heavy atom. The van der Waals surface area contributed by atoms with Crippen LogP contribution < -0.4 is 0 Å². The van der Waals surface area contributed by atoms with Gasteiger partial charge < -0.3 is 0 Å². The van der Waals surface area contributed by atoms with Gasteiger partial charge in [-0.25, -0.2) is 0 Å². The molecular formula is C18H31Cl2PRu. The van der Waals surface area contributed by atoms with Crippen LogP contribution in [0.15, 0.2) is 0 Å². The minimum atomic E-state index is -0.406. The van der Waals surface area contributed by atoms with Crippen molar-refractivity contribution in [3.63, 3.8) is 0 Å². The summed E-state index contributed by atoms with van der Waals surface area (Å²) in [5.41, 5.74) is 3.15. The zero-order valence-electron chi connectivity index (χ0n) is 13.7. The van der Waals surface area contributed by atoms with Crippen molar-refractivity contribution in [2.24, 2.45) is 0 Å². The van der Waals surface area contributed by atoms with Crippen molar-refractivity contribution in [2.75, 3.05) is 0 Å². The number of alkyl halides is 2. The third-order valence-electron chi connectivity index (χ3n) is 6.10. The molecule has 0 amide bonds. The molecule has 3 saturated carbocycles. The smallest absolute Gasteiger partial charge is 0.102 e. The normalized spacial score (nSPS) is 28.5. The Bertz CT molecular complexity index is 297. The van der Waals surface area contributed by atoms with Gasteiger partial charge in [0.25, 0.3) is 0 Å². The van der Waals surface area contributed by atoms with E-state index in [0.29, 0.717) is 0 Å². The van der Waals surface area contributed by atoms with E-state index in [1.54, 1.807) is 0 Å². The number of hydrogen-bond acceptors (Lipinski definition) is 0. The van der Waals surface area contributed by atoms with Gasteiger partial charge in [0.1, 0.15) is 4.33 Å². The van der Waals surface area contributed by atoms with Crippen molar-refractivity contribution in [2.45, 2.75) is 111 Å². The van der Waals surface area contributed by atoms with Crippen molar-refractivity contribution >= 4 is 31.1 Å². The number of hydrogen-bond donors (Lipinski definition) is 0. The van der Waals surface area contributed by atoms with Crippen molar-refractivity contribution in [1.29, 1.82) is 0 Å².